The van der Waals surface area contributed by atoms with Gasteiger partial charge in [-0.15, -0.1) is 5.10 Å². The number of hydrogen-bond donors (Lipinski definition) is 7. The molecule has 11 N–H and O–H groups in total. The first-order valence-electron chi connectivity index (χ1n) is 9.22. The van der Waals surface area contributed by atoms with E-state index in [9.17, 15) is 13.5 Å². The molecule has 0 unspecified atom stereocenters. The van der Waals surface area contributed by atoms with Crippen LogP contribution in [-0.2, 0) is 14.8 Å². The average Bonchev–Trinajstić information content (AvgIpc) is 2.73. The van der Waals surface area contributed by atoms with Gasteiger partial charge in [-0.05, 0) is 36.9 Å². The third kappa shape index (κ3) is 5.53. The zero-order valence-electron chi connectivity index (χ0n) is 16.8. The minimum absolute atomic E-state index is 0.101. The number of ether oxygens (including phenoxy) is 1. The number of hydrazine groups is 1. The Bertz CT molecular complexity index is 851. The molecule has 1 aliphatic heterocycles. The molecule has 0 spiro atoms. The first kappa shape index (κ1) is 24.6. The van der Waals surface area contributed by atoms with Crippen molar-refractivity contribution in [3.63, 3.8) is 0 Å². The Labute approximate surface area is 180 Å². The number of nitrogens with zero attached hydrogens (tertiary/aromatic N) is 2. The molecule has 1 aromatic carbocycles. The zero-order chi connectivity index (χ0) is 22.4. The van der Waals surface area contributed by atoms with E-state index in [-0.39, 0.29) is 22.9 Å². The summed E-state index contributed by atoms with van der Waals surface area (Å²) in [5, 5.41) is 19.0. The molecule has 1 saturated heterocycles. The molecule has 0 aromatic heterocycles. The van der Waals surface area contributed by atoms with Crippen molar-refractivity contribution in [2.24, 2.45) is 27.6 Å². The van der Waals surface area contributed by atoms with Crippen LogP contribution in [0.25, 0.3) is 0 Å². The molecule has 0 radical (unpaired) electrons. The molecule has 1 fully saturated rings. The second-order valence-corrected chi connectivity index (χ2v) is 9.21. The summed E-state index contributed by atoms with van der Waals surface area (Å²) in [4.78, 5) is 2.16. The number of aliphatic hydroxyl groups excluding tert-OH is 1. The minimum Gasteiger partial charge on any atom is -0.393 e. The van der Waals surface area contributed by atoms with Gasteiger partial charge in [0, 0.05) is 43.9 Å². The van der Waals surface area contributed by atoms with Gasteiger partial charge in [-0.25, -0.2) is 24.9 Å². The maximum Gasteiger partial charge on any atom is 0.240 e. The second-order valence-electron chi connectivity index (χ2n) is 6.78. The molecule has 0 aliphatic carbocycles. The van der Waals surface area contributed by atoms with Gasteiger partial charge in [0.2, 0.25) is 10.0 Å². The van der Waals surface area contributed by atoms with Crippen LogP contribution in [0.5, 0.6) is 0 Å². The lowest BCUT2D eigenvalue weighted by Gasteiger charge is -2.41. The molecular weight excluding hydrogens is 432 g/mol. The first-order valence-corrected chi connectivity index (χ1v) is 11.6. The van der Waals surface area contributed by atoms with Crippen LogP contribution in [0.2, 0.25) is 0 Å². The van der Waals surface area contributed by atoms with E-state index in [2.05, 4.69) is 15.4 Å². The molecule has 0 saturated carbocycles. The van der Waals surface area contributed by atoms with Crippen molar-refractivity contribution in [1.29, 1.82) is 0 Å². The molecule has 1 aliphatic rings. The molecule has 170 valence electrons. The van der Waals surface area contributed by atoms with Gasteiger partial charge in [0.05, 0.1) is 17.8 Å². The number of benzene rings is 1. The Morgan fingerprint density at radius 3 is 2.57 bits per heavy atom. The molecule has 14 heteroatoms. The van der Waals surface area contributed by atoms with Crippen molar-refractivity contribution in [2.45, 2.75) is 28.2 Å². The SMILES string of the molecule is COC1(CO)CCN(c2ccc(SNCCN)c(S(N)(=O)=O)c2/C(N)=N/NN)CC1. The molecule has 0 amide bonds. The largest absolute Gasteiger partial charge is 0.393 e. The minimum atomic E-state index is -4.17. The van der Waals surface area contributed by atoms with Crippen molar-refractivity contribution in [1.82, 2.24) is 10.3 Å². The quantitative estimate of drug-likeness (QED) is 0.0502. The lowest BCUT2D eigenvalue weighted by Crippen LogP contribution is -2.48. The van der Waals surface area contributed by atoms with Crippen molar-refractivity contribution < 1.29 is 18.3 Å². The molecule has 0 bridgehead atoms. The van der Waals surface area contributed by atoms with Gasteiger partial charge in [-0.1, -0.05) is 0 Å². The molecule has 1 heterocycles. The highest BCUT2D eigenvalue weighted by molar-refractivity contribution is 7.98. The molecule has 1 aromatic rings. The molecule has 0 atom stereocenters. The fraction of sp³-hybridized carbons (Fsp3) is 0.562. The Balaban J connectivity index is 2.57. The molecule has 2 rings (SSSR count). The average molecular weight is 463 g/mol. The van der Waals surface area contributed by atoms with E-state index >= 15 is 0 Å². The van der Waals surface area contributed by atoms with Crippen LogP contribution in [0.15, 0.2) is 27.0 Å². The maximum absolute atomic E-state index is 12.5. The lowest BCUT2D eigenvalue weighted by molar-refractivity contribution is -0.0672. The number of primary sulfonamides is 1. The number of amidine groups is 1. The van der Waals surface area contributed by atoms with E-state index in [0.29, 0.717) is 49.6 Å². The zero-order valence-corrected chi connectivity index (χ0v) is 18.4. The van der Waals surface area contributed by atoms with Crippen LogP contribution >= 0.6 is 11.9 Å². The summed E-state index contributed by atoms with van der Waals surface area (Å²) >= 11 is 1.09. The first-order chi connectivity index (χ1) is 14.2. The van der Waals surface area contributed by atoms with Crippen LogP contribution in [0.4, 0.5) is 5.69 Å². The number of sulfonamides is 1. The molecule has 30 heavy (non-hydrogen) atoms. The molecule has 12 nitrogen and oxygen atoms in total. The number of anilines is 1. The van der Waals surface area contributed by atoms with E-state index in [1.807, 2.05) is 4.90 Å². The van der Waals surface area contributed by atoms with E-state index in [4.69, 9.17) is 27.2 Å². The number of nitrogens with one attached hydrogen (secondary N) is 2. The lowest BCUT2D eigenvalue weighted by atomic mass is 9.91. The Kier molecular flexibility index (Phi) is 8.69. The topological polar surface area (TPSA) is 207 Å². The Hall–Kier alpha value is -1.65. The highest BCUT2D eigenvalue weighted by atomic mass is 32.2. The van der Waals surface area contributed by atoms with Crippen molar-refractivity contribution in [3.05, 3.63) is 17.7 Å². The summed E-state index contributed by atoms with van der Waals surface area (Å²) < 4.78 is 33.5. The van der Waals surface area contributed by atoms with Gasteiger partial charge < -0.3 is 26.2 Å². The van der Waals surface area contributed by atoms with E-state index < -0.39 is 15.6 Å². The van der Waals surface area contributed by atoms with Gasteiger partial charge >= 0.3 is 0 Å². The van der Waals surface area contributed by atoms with Crippen molar-refractivity contribution in [3.8, 4) is 0 Å². The predicted octanol–water partition coefficient (Wildman–Crippen LogP) is -2.05. The monoisotopic (exact) mass is 462 g/mol. The third-order valence-corrected chi connectivity index (χ3v) is 7.02. The van der Waals surface area contributed by atoms with Crippen LogP contribution in [0.1, 0.15) is 18.4 Å². The predicted molar refractivity (Wildman–Crippen MR) is 117 cm³/mol. The summed E-state index contributed by atoms with van der Waals surface area (Å²) in [5.74, 6) is 5.15. The summed E-state index contributed by atoms with van der Waals surface area (Å²) in [7, 11) is -2.61. The normalized spacial score (nSPS) is 17.2. The van der Waals surface area contributed by atoms with Crippen LogP contribution in [0.3, 0.4) is 0 Å². The fourth-order valence-electron chi connectivity index (χ4n) is 3.32. The fourth-order valence-corrected chi connectivity index (χ4v) is 5.34. The Morgan fingerprint density at radius 1 is 1.40 bits per heavy atom. The van der Waals surface area contributed by atoms with Crippen molar-refractivity contribution in [2.75, 3.05) is 44.8 Å². The Morgan fingerprint density at radius 2 is 2.07 bits per heavy atom. The van der Waals surface area contributed by atoms with E-state index in [1.54, 1.807) is 19.2 Å². The standard InChI is InChI=1S/C16H30N8O4S2/c1-28-16(10-25)4-8-24(9-5-16)11-2-3-12(29-21-7-6-17)14(30(20,26)27)13(11)15(18)22-23-19/h2-3,21,23,25H,4-10,17,19H2,1H3,(H2,18,22)(H2,20,26,27). The van der Waals surface area contributed by atoms with Crippen molar-refractivity contribution >= 4 is 33.5 Å². The third-order valence-electron chi connectivity index (χ3n) is 4.99. The number of nitrogens with two attached hydrogens (primary N) is 4. The summed E-state index contributed by atoms with van der Waals surface area (Å²) in [6, 6.07) is 3.41. The molecular formula is C16H30N8O4S2. The van der Waals surface area contributed by atoms with Gasteiger partial charge in [0.25, 0.3) is 0 Å². The number of hydrazone groups is 1. The van der Waals surface area contributed by atoms with Gasteiger partial charge in [0.15, 0.2) is 5.84 Å². The number of piperidine rings is 1. The smallest absolute Gasteiger partial charge is 0.240 e. The second kappa shape index (κ2) is 10.6. The summed E-state index contributed by atoms with van der Waals surface area (Å²) in [5.41, 5.74) is 13.7. The number of rotatable bonds is 10. The number of hydrogen-bond acceptors (Lipinski definition) is 11. The maximum atomic E-state index is 12.5. The van der Waals surface area contributed by atoms with Gasteiger partial charge in [-0.3, -0.25) is 4.72 Å². The van der Waals surface area contributed by atoms with E-state index in [0.717, 1.165) is 11.9 Å². The van der Waals surface area contributed by atoms with E-state index in [1.165, 1.54) is 0 Å². The van der Waals surface area contributed by atoms with Crippen LogP contribution < -0.4 is 37.6 Å². The number of methoxy groups -OCH3 is 1. The van der Waals surface area contributed by atoms with Crippen LogP contribution in [-0.4, -0.2) is 64.9 Å². The van der Waals surface area contributed by atoms with Gasteiger partial charge in [-0.2, -0.15) is 0 Å². The van der Waals surface area contributed by atoms with Crippen LogP contribution in [0, 0.1) is 0 Å². The summed E-state index contributed by atoms with van der Waals surface area (Å²) in [6.07, 6.45) is 1.09. The number of aliphatic hydroxyl groups is 1. The highest BCUT2D eigenvalue weighted by Crippen LogP contribution is 2.36. The highest BCUT2D eigenvalue weighted by Gasteiger charge is 2.36. The van der Waals surface area contributed by atoms with Gasteiger partial charge in [0.1, 0.15) is 4.90 Å². The summed E-state index contributed by atoms with van der Waals surface area (Å²) in [6.45, 7) is 1.75.